The van der Waals surface area contributed by atoms with Crippen molar-refractivity contribution in [1.82, 2.24) is 0 Å². The van der Waals surface area contributed by atoms with Crippen LogP contribution in [0.15, 0.2) is 0 Å². The van der Waals surface area contributed by atoms with Crippen LogP contribution in [0.1, 0.15) is 34.6 Å². The Hall–Kier alpha value is -0.0800. The van der Waals surface area contributed by atoms with E-state index in [0.717, 1.165) is 0 Å². The topological polar surface area (TPSA) is 29.5 Å². The van der Waals surface area contributed by atoms with E-state index in [-0.39, 0.29) is 18.1 Å². The first-order valence-electron chi connectivity index (χ1n) is 4.65. The summed E-state index contributed by atoms with van der Waals surface area (Å²) in [6, 6.07) is 0. The Morgan fingerprint density at radius 3 is 2.08 bits per heavy atom. The summed E-state index contributed by atoms with van der Waals surface area (Å²) in [7, 11) is 0. The summed E-state index contributed by atoms with van der Waals surface area (Å²) in [5.74, 6) is 0.742. The molecule has 0 aromatic carbocycles. The van der Waals surface area contributed by atoms with Crippen molar-refractivity contribution < 1.29 is 9.84 Å². The van der Waals surface area contributed by atoms with Gasteiger partial charge in [0.2, 0.25) is 0 Å². The zero-order valence-electron chi connectivity index (χ0n) is 8.92. The lowest BCUT2D eigenvalue weighted by molar-refractivity contribution is -0.0682. The highest BCUT2D eigenvalue weighted by atomic mass is 16.5. The molecule has 0 bridgehead atoms. The second kappa shape index (κ2) is 4.83. The molecule has 1 N–H and O–H groups in total. The lowest BCUT2D eigenvalue weighted by Gasteiger charge is -2.30. The third-order valence-electron chi connectivity index (χ3n) is 2.44. The zero-order chi connectivity index (χ0) is 9.78. The zero-order valence-corrected chi connectivity index (χ0v) is 8.92. The molecular weight excluding hydrogens is 152 g/mol. The van der Waals surface area contributed by atoms with E-state index in [1.807, 2.05) is 6.92 Å². The van der Waals surface area contributed by atoms with E-state index in [4.69, 9.17) is 9.84 Å². The van der Waals surface area contributed by atoms with Crippen LogP contribution in [0.25, 0.3) is 0 Å². The molecule has 0 aromatic heterocycles. The summed E-state index contributed by atoms with van der Waals surface area (Å²) < 4.78 is 5.68. The minimum absolute atomic E-state index is 0.0799. The smallest absolute Gasteiger partial charge is 0.0649 e. The molecule has 1 atom stereocenters. The van der Waals surface area contributed by atoms with Crippen molar-refractivity contribution in [1.29, 1.82) is 0 Å². The second-order valence-corrected chi connectivity index (χ2v) is 4.36. The first kappa shape index (κ1) is 11.9. The Kier molecular flexibility index (Phi) is 4.80. The molecule has 74 valence electrons. The fourth-order valence-corrected chi connectivity index (χ4v) is 0.576. The Bertz CT molecular complexity index is 119. The van der Waals surface area contributed by atoms with Gasteiger partial charge in [-0.25, -0.2) is 0 Å². The van der Waals surface area contributed by atoms with Gasteiger partial charge in [-0.05, 0) is 19.8 Å². The maximum absolute atomic E-state index is 8.79. The van der Waals surface area contributed by atoms with E-state index < -0.39 is 0 Å². The van der Waals surface area contributed by atoms with E-state index in [1.54, 1.807) is 0 Å². The number of aliphatic hydroxyl groups excluding tert-OH is 1. The fraction of sp³-hybridized carbons (Fsp3) is 1.00. The Morgan fingerprint density at radius 1 is 1.25 bits per heavy atom. The van der Waals surface area contributed by atoms with Crippen molar-refractivity contribution in [3.63, 3.8) is 0 Å². The van der Waals surface area contributed by atoms with Crippen LogP contribution >= 0.6 is 0 Å². The standard InChI is InChI=1S/C10H22O2/c1-8(2)10(4,5)12-7-9(3)6-11/h8-9,11H,6-7H2,1-5H3. The van der Waals surface area contributed by atoms with Gasteiger partial charge in [-0.1, -0.05) is 20.8 Å². The quantitative estimate of drug-likeness (QED) is 0.691. The summed E-state index contributed by atoms with van der Waals surface area (Å²) in [6.45, 7) is 11.3. The number of hydrogen-bond acceptors (Lipinski definition) is 2. The lowest BCUT2D eigenvalue weighted by atomic mass is 9.94. The van der Waals surface area contributed by atoms with E-state index in [1.165, 1.54) is 0 Å². The van der Waals surface area contributed by atoms with Crippen molar-refractivity contribution in [2.24, 2.45) is 11.8 Å². The number of hydrogen-bond donors (Lipinski definition) is 1. The molecule has 0 radical (unpaired) electrons. The average Bonchev–Trinajstić information content (AvgIpc) is 2.00. The molecule has 0 aliphatic rings. The molecule has 0 spiro atoms. The molecule has 0 saturated heterocycles. The largest absolute Gasteiger partial charge is 0.396 e. The summed E-state index contributed by atoms with van der Waals surface area (Å²) in [5.41, 5.74) is -0.0799. The lowest BCUT2D eigenvalue weighted by Crippen LogP contribution is -2.33. The molecule has 0 aromatic rings. The van der Waals surface area contributed by atoms with Crippen LogP contribution in [-0.4, -0.2) is 23.9 Å². The first-order chi connectivity index (χ1) is 5.40. The molecule has 0 saturated carbocycles. The highest BCUT2D eigenvalue weighted by Gasteiger charge is 2.23. The van der Waals surface area contributed by atoms with Crippen molar-refractivity contribution in [2.75, 3.05) is 13.2 Å². The van der Waals surface area contributed by atoms with Crippen molar-refractivity contribution >= 4 is 0 Å². The second-order valence-electron chi connectivity index (χ2n) is 4.36. The van der Waals surface area contributed by atoms with Crippen molar-refractivity contribution in [2.45, 2.75) is 40.2 Å². The minimum atomic E-state index is -0.0799. The van der Waals surface area contributed by atoms with Gasteiger partial charge in [-0.2, -0.15) is 0 Å². The van der Waals surface area contributed by atoms with Crippen LogP contribution in [0.2, 0.25) is 0 Å². The third-order valence-corrected chi connectivity index (χ3v) is 2.44. The molecule has 0 heterocycles. The number of aliphatic hydroxyl groups is 1. The van der Waals surface area contributed by atoms with Gasteiger partial charge in [0.25, 0.3) is 0 Å². The van der Waals surface area contributed by atoms with E-state index >= 15 is 0 Å². The molecule has 0 fully saturated rings. The monoisotopic (exact) mass is 174 g/mol. The molecule has 0 aliphatic heterocycles. The molecule has 0 aliphatic carbocycles. The fourth-order valence-electron chi connectivity index (χ4n) is 0.576. The third kappa shape index (κ3) is 4.07. The molecule has 1 unspecified atom stereocenters. The van der Waals surface area contributed by atoms with Crippen LogP contribution in [0.5, 0.6) is 0 Å². The summed E-state index contributed by atoms with van der Waals surface area (Å²) in [5, 5.41) is 8.79. The van der Waals surface area contributed by atoms with Gasteiger partial charge in [-0.3, -0.25) is 0 Å². The number of ether oxygens (including phenoxy) is 1. The van der Waals surface area contributed by atoms with Gasteiger partial charge in [0.1, 0.15) is 0 Å². The first-order valence-corrected chi connectivity index (χ1v) is 4.65. The van der Waals surface area contributed by atoms with Gasteiger partial charge >= 0.3 is 0 Å². The summed E-state index contributed by atoms with van der Waals surface area (Å²) >= 11 is 0. The predicted octanol–water partition coefficient (Wildman–Crippen LogP) is 2.07. The van der Waals surface area contributed by atoms with Gasteiger partial charge in [-0.15, -0.1) is 0 Å². The van der Waals surface area contributed by atoms with E-state index in [2.05, 4.69) is 27.7 Å². The summed E-state index contributed by atoms with van der Waals surface area (Å²) in [4.78, 5) is 0. The Morgan fingerprint density at radius 2 is 1.75 bits per heavy atom. The minimum Gasteiger partial charge on any atom is -0.396 e. The van der Waals surface area contributed by atoms with E-state index in [0.29, 0.717) is 12.5 Å². The maximum Gasteiger partial charge on any atom is 0.0649 e. The maximum atomic E-state index is 8.79. The van der Waals surface area contributed by atoms with Gasteiger partial charge in [0.15, 0.2) is 0 Å². The normalized spacial score (nSPS) is 15.2. The molecule has 0 amide bonds. The predicted molar refractivity (Wildman–Crippen MR) is 51.1 cm³/mol. The van der Waals surface area contributed by atoms with Crippen LogP contribution in [0.4, 0.5) is 0 Å². The van der Waals surface area contributed by atoms with Gasteiger partial charge in [0, 0.05) is 12.5 Å². The molecule has 2 nitrogen and oxygen atoms in total. The van der Waals surface area contributed by atoms with Crippen LogP contribution < -0.4 is 0 Å². The van der Waals surface area contributed by atoms with E-state index in [9.17, 15) is 0 Å². The molecule has 12 heavy (non-hydrogen) atoms. The van der Waals surface area contributed by atoms with Crippen LogP contribution in [-0.2, 0) is 4.74 Å². The number of rotatable bonds is 5. The Balaban J connectivity index is 3.75. The molecular formula is C10H22O2. The molecule has 0 rings (SSSR count). The van der Waals surface area contributed by atoms with Crippen molar-refractivity contribution in [3.8, 4) is 0 Å². The van der Waals surface area contributed by atoms with Gasteiger partial charge < -0.3 is 9.84 Å². The van der Waals surface area contributed by atoms with Crippen LogP contribution in [0.3, 0.4) is 0 Å². The molecule has 2 heteroatoms. The summed E-state index contributed by atoms with van der Waals surface area (Å²) in [6.07, 6.45) is 0. The van der Waals surface area contributed by atoms with Crippen LogP contribution in [0, 0.1) is 11.8 Å². The SMILES string of the molecule is CC(CO)COC(C)(C)C(C)C. The van der Waals surface area contributed by atoms with Gasteiger partial charge in [0.05, 0.1) is 12.2 Å². The Labute approximate surface area is 75.9 Å². The highest BCUT2D eigenvalue weighted by molar-refractivity contribution is 4.72. The average molecular weight is 174 g/mol. The van der Waals surface area contributed by atoms with Crippen molar-refractivity contribution in [3.05, 3.63) is 0 Å². The highest BCUT2D eigenvalue weighted by Crippen LogP contribution is 2.20.